The number of nitrogens with zero attached hydrogens (tertiary/aromatic N) is 2. The van der Waals surface area contributed by atoms with Gasteiger partial charge in [-0.1, -0.05) is 297 Å². The summed E-state index contributed by atoms with van der Waals surface area (Å²) < 4.78 is 4.87. The molecule has 0 unspecified atom stereocenters. The first kappa shape index (κ1) is 53.9. The minimum atomic E-state index is -0.590. The summed E-state index contributed by atoms with van der Waals surface area (Å²) in [5.41, 5.74) is 30.8. The predicted octanol–water partition coefficient (Wildman–Crippen LogP) is 23.9. The lowest BCUT2D eigenvalue weighted by atomic mass is 9.65. The molecule has 1 aliphatic rings. The molecule has 18 rings (SSSR count). The molecule has 1 aliphatic carbocycles. The number of rotatable bonds is 11. The Kier molecular flexibility index (Phi) is 12.8. The van der Waals surface area contributed by atoms with Crippen LogP contribution in [0.1, 0.15) is 22.3 Å². The van der Waals surface area contributed by atoms with E-state index in [4.69, 9.17) is 0 Å². The van der Waals surface area contributed by atoms with E-state index < -0.39 is 5.41 Å². The van der Waals surface area contributed by atoms with E-state index in [-0.39, 0.29) is 0 Å². The second-order valence-electron chi connectivity index (χ2n) is 24.7. The lowest BCUT2D eigenvalue weighted by molar-refractivity contribution is 0.771. The van der Waals surface area contributed by atoms with E-state index in [0.29, 0.717) is 0 Å². The molecule has 2 heterocycles. The van der Waals surface area contributed by atoms with Crippen LogP contribution in [0.4, 0.5) is 0 Å². The van der Waals surface area contributed by atoms with Crippen LogP contribution >= 0.6 is 0 Å². The predicted molar refractivity (Wildman–Crippen MR) is 390 cm³/mol. The monoisotopic (exact) mass is 1180 g/mol. The maximum Gasteiger partial charge on any atom is 0.0719 e. The smallest absolute Gasteiger partial charge is 0.0719 e. The summed E-state index contributed by atoms with van der Waals surface area (Å²) >= 11 is 0. The Morgan fingerprint density at radius 2 is 0.548 bits per heavy atom. The molecule has 0 N–H and O–H groups in total. The third-order valence-corrected chi connectivity index (χ3v) is 19.6. The highest BCUT2D eigenvalue weighted by Gasteiger charge is 2.47. The van der Waals surface area contributed by atoms with Crippen LogP contribution in [0.3, 0.4) is 0 Å². The van der Waals surface area contributed by atoms with Crippen molar-refractivity contribution in [1.29, 1.82) is 0 Å². The minimum Gasteiger partial charge on any atom is -0.309 e. The Hall–Kier alpha value is -12.1. The van der Waals surface area contributed by atoms with Gasteiger partial charge in [-0.15, -0.1) is 0 Å². The van der Waals surface area contributed by atoms with E-state index in [9.17, 15) is 0 Å². The Labute approximate surface area is 541 Å². The standard InChI is InChI=1S/C91H60N2/c1-3-22-61(23-4-1)67-26-19-29-72(56-67)75-32-7-13-38-83(75)91(84-39-14-8-34-77(84)78-35-9-15-40-85(78)91)73-30-20-27-68(57-73)65-46-44-63(45-47-65)64-48-50-66(51-49-64)76-33-10-16-41-86(76)93-88-43-18-12-37-80(88)82-60-71(53-55-90(82)93)70-52-54-89-81(59-70)79-36-11-17-42-87(79)92(89)74-31-21-28-69(58-74)62-24-5-2-6-25-62/h1-60H. The largest absolute Gasteiger partial charge is 0.309 e. The lowest BCUT2D eigenvalue weighted by Crippen LogP contribution is -2.29. The number of hydrogen-bond acceptors (Lipinski definition) is 0. The molecule has 0 bridgehead atoms. The van der Waals surface area contributed by atoms with Crippen molar-refractivity contribution < 1.29 is 0 Å². The lowest BCUT2D eigenvalue weighted by Gasteiger charge is -2.36. The molecule has 0 atom stereocenters. The van der Waals surface area contributed by atoms with Gasteiger partial charge in [-0.3, -0.25) is 0 Å². The van der Waals surface area contributed by atoms with Crippen molar-refractivity contribution in [3.63, 3.8) is 0 Å². The number of benzene rings is 15. The van der Waals surface area contributed by atoms with Gasteiger partial charge in [-0.05, 0) is 172 Å². The highest BCUT2D eigenvalue weighted by molar-refractivity contribution is 6.13. The van der Waals surface area contributed by atoms with Gasteiger partial charge in [-0.25, -0.2) is 0 Å². The highest BCUT2D eigenvalue weighted by Crippen LogP contribution is 2.58. The van der Waals surface area contributed by atoms with Gasteiger partial charge in [0.1, 0.15) is 0 Å². The highest BCUT2D eigenvalue weighted by atomic mass is 15.0. The maximum atomic E-state index is 2.46. The van der Waals surface area contributed by atoms with Gasteiger partial charge in [0.25, 0.3) is 0 Å². The van der Waals surface area contributed by atoms with Crippen molar-refractivity contribution in [1.82, 2.24) is 9.13 Å². The maximum absolute atomic E-state index is 2.46. The van der Waals surface area contributed by atoms with Crippen molar-refractivity contribution in [3.8, 4) is 100 Å². The zero-order valence-electron chi connectivity index (χ0n) is 51.0. The molecule has 0 radical (unpaired) electrons. The van der Waals surface area contributed by atoms with Gasteiger partial charge < -0.3 is 9.13 Å². The van der Waals surface area contributed by atoms with E-state index in [1.165, 1.54) is 155 Å². The molecular weight excluding hydrogens is 1120 g/mol. The fourth-order valence-electron chi connectivity index (χ4n) is 15.4. The summed E-state index contributed by atoms with van der Waals surface area (Å²) in [6.45, 7) is 0. The van der Waals surface area contributed by atoms with Crippen LogP contribution in [0, 0.1) is 0 Å². The molecule has 434 valence electrons. The average molecular weight is 1180 g/mol. The van der Waals surface area contributed by atoms with Crippen molar-refractivity contribution in [3.05, 3.63) is 386 Å². The molecule has 0 aliphatic heterocycles. The van der Waals surface area contributed by atoms with E-state index in [1.54, 1.807) is 0 Å². The van der Waals surface area contributed by atoms with E-state index in [2.05, 4.69) is 373 Å². The second-order valence-corrected chi connectivity index (χ2v) is 24.7. The van der Waals surface area contributed by atoms with Gasteiger partial charge in [0.15, 0.2) is 0 Å². The molecule has 93 heavy (non-hydrogen) atoms. The first-order valence-corrected chi connectivity index (χ1v) is 32.2. The van der Waals surface area contributed by atoms with Gasteiger partial charge in [0.2, 0.25) is 0 Å². The second kappa shape index (κ2) is 22.1. The zero-order chi connectivity index (χ0) is 61.4. The summed E-state index contributed by atoms with van der Waals surface area (Å²) in [6.07, 6.45) is 0. The Morgan fingerprint density at radius 1 is 0.183 bits per heavy atom. The molecule has 2 nitrogen and oxygen atoms in total. The van der Waals surface area contributed by atoms with E-state index in [1.807, 2.05) is 0 Å². The minimum absolute atomic E-state index is 0.590. The number of aromatic nitrogens is 2. The van der Waals surface area contributed by atoms with Crippen LogP contribution in [0.15, 0.2) is 364 Å². The number of hydrogen-bond donors (Lipinski definition) is 0. The van der Waals surface area contributed by atoms with Crippen LogP contribution in [0.2, 0.25) is 0 Å². The molecule has 0 spiro atoms. The van der Waals surface area contributed by atoms with Crippen molar-refractivity contribution in [2.45, 2.75) is 5.41 Å². The molecule has 0 saturated carbocycles. The van der Waals surface area contributed by atoms with Crippen LogP contribution in [0.25, 0.3) is 144 Å². The number of fused-ring (bicyclic) bond motifs is 9. The SMILES string of the molecule is c1ccc(-c2cccc(-c3ccccc3C3(c4cccc(-c5ccc(-c6ccc(-c7ccccc7-n7c8ccccc8c8cc(-c9ccc%10c(c9)c9ccccc9n%10-c9cccc(-c%10ccccc%10)c9)ccc87)cc6)cc5)c4)c4ccccc4-c4ccccc43)c2)cc1. The summed E-state index contributed by atoms with van der Waals surface area (Å²) in [4.78, 5) is 0. The molecule has 0 fully saturated rings. The van der Waals surface area contributed by atoms with E-state index >= 15 is 0 Å². The van der Waals surface area contributed by atoms with E-state index in [0.717, 1.165) is 11.4 Å². The normalized spacial score (nSPS) is 12.4. The van der Waals surface area contributed by atoms with Gasteiger partial charge in [0, 0.05) is 32.8 Å². The molecule has 2 aromatic heterocycles. The molecule has 0 saturated heterocycles. The quantitative estimate of drug-likeness (QED) is 0.122. The molecule has 2 heteroatoms. The summed E-state index contributed by atoms with van der Waals surface area (Å²) in [5, 5.41) is 4.93. The fraction of sp³-hybridized carbons (Fsp3) is 0.0110. The molecule has 17 aromatic rings. The van der Waals surface area contributed by atoms with Gasteiger partial charge in [0.05, 0.1) is 33.2 Å². The molecular formula is C91H60N2. The summed E-state index contributed by atoms with van der Waals surface area (Å²) in [7, 11) is 0. The van der Waals surface area contributed by atoms with Crippen LogP contribution in [-0.2, 0) is 5.41 Å². The summed E-state index contributed by atoms with van der Waals surface area (Å²) in [6, 6.07) is 135. The molecule has 15 aromatic carbocycles. The van der Waals surface area contributed by atoms with Crippen molar-refractivity contribution in [2.24, 2.45) is 0 Å². The summed E-state index contributed by atoms with van der Waals surface area (Å²) in [5.74, 6) is 0. The fourth-order valence-corrected chi connectivity index (χ4v) is 15.4. The molecule has 0 amide bonds. The zero-order valence-corrected chi connectivity index (χ0v) is 51.0. The third-order valence-electron chi connectivity index (χ3n) is 19.6. The first-order chi connectivity index (χ1) is 46.1. The average Bonchev–Trinajstić information content (AvgIpc) is 1.57. The number of para-hydroxylation sites is 3. The van der Waals surface area contributed by atoms with Gasteiger partial charge in [-0.2, -0.15) is 0 Å². The van der Waals surface area contributed by atoms with Crippen LogP contribution in [0.5, 0.6) is 0 Å². The third kappa shape index (κ3) is 8.86. The first-order valence-electron chi connectivity index (χ1n) is 32.2. The topological polar surface area (TPSA) is 9.86 Å². The Bertz CT molecular complexity index is 5680. The Morgan fingerprint density at radius 3 is 1.15 bits per heavy atom. The van der Waals surface area contributed by atoms with Crippen molar-refractivity contribution in [2.75, 3.05) is 0 Å². The Balaban J connectivity index is 0.669. The van der Waals surface area contributed by atoms with Crippen LogP contribution in [-0.4, -0.2) is 9.13 Å². The van der Waals surface area contributed by atoms with Gasteiger partial charge >= 0.3 is 0 Å². The van der Waals surface area contributed by atoms with Crippen LogP contribution < -0.4 is 0 Å². The van der Waals surface area contributed by atoms with Crippen molar-refractivity contribution >= 4 is 43.6 Å².